The molecule has 1 fully saturated rings. The second-order valence-corrected chi connectivity index (χ2v) is 6.30. The molecule has 0 aromatic heterocycles. The van der Waals surface area contributed by atoms with Crippen LogP contribution < -0.4 is 0 Å². The van der Waals surface area contributed by atoms with E-state index in [9.17, 15) is 14.7 Å². The van der Waals surface area contributed by atoms with Crippen LogP contribution in [0.5, 0.6) is 0 Å². The van der Waals surface area contributed by atoms with E-state index in [1.165, 1.54) is 0 Å². The summed E-state index contributed by atoms with van der Waals surface area (Å²) in [5, 5.41) is 9.52. The third-order valence-corrected chi connectivity index (χ3v) is 4.01. The summed E-state index contributed by atoms with van der Waals surface area (Å²) >= 11 is 0. The van der Waals surface area contributed by atoms with Gasteiger partial charge < -0.3 is 14.9 Å². The number of carboxylic acids is 1. The Labute approximate surface area is 121 Å². The molecule has 5 nitrogen and oxygen atoms in total. The minimum atomic E-state index is -0.893. The zero-order chi connectivity index (χ0) is 15.3. The highest BCUT2D eigenvalue weighted by Gasteiger charge is 2.45. The van der Waals surface area contributed by atoms with Gasteiger partial charge in [0.15, 0.2) is 0 Å². The van der Waals surface area contributed by atoms with E-state index in [1.807, 2.05) is 27.7 Å². The van der Waals surface area contributed by atoms with Crippen LogP contribution >= 0.6 is 0 Å². The van der Waals surface area contributed by atoms with Crippen molar-refractivity contribution in [2.75, 3.05) is 19.6 Å². The minimum Gasteiger partial charge on any atom is -0.480 e. The molecule has 116 valence electrons. The van der Waals surface area contributed by atoms with E-state index >= 15 is 0 Å². The highest BCUT2D eigenvalue weighted by Crippen LogP contribution is 2.35. The van der Waals surface area contributed by atoms with Gasteiger partial charge in [-0.1, -0.05) is 27.7 Å². The molecule has 1 rings (SSSR count). The van der Waals surface area contributed by atoms with Gasteiger partial charge in [-0.15, -0.1) is 0 Å². The number of aliphatic carboxylic acids is 1. The molecule has 5 heteroatoms. The molecule has 0 saturated carbocycles. The summed E-state index contributed by atoms with van der Waals surface area (Å²) in [6, 6.07) is -0.839. The summed E-state index contributed by atoms with van der Waals surface area (Å²) in [6.07, 6.45) is 3.49. The van der Waals surface area contributed by atoms with Gasteiger partial charge in [0.25, 0.3) is 0 Å². The van der Waals surface area contributed by atoms with Crippen molar-refractivity contribution in [2.45, 2.75) is 59.4 Å². The smallest absolute Gasteiger partial charge is 0.327 e. The van der Waals surface area contributed by atoms with Gasteiger partial charge in [-0.25, -0.2) is 9.59 Å². The number of carbonyl (C=O) groups excluding carboxylic acids is 1. The van der Waals surface area contributed by atoms with Crippen LogP contribution in [0.25, 0.3) is 0 Å². The number of hydrogen-bond acceptors (Lipinski definition) is 2. The Morgan fingerprint density at radius 1 is 1.25 bits per heavy atom. The van der Waals surface area contributed by atoms with E-state index in [1.54, 1.807) is 9.80 Å². The average molecular weight is 284 g/mol. The molecule has 0 radical (unpaired) electrons. The number of carbonyl (C=O) groups is 2. The van der Waals surface area contributed by atoms with E-state index in [0.29, 0.717) is 19.6 Å². The third-order valence-electron chi connectivity index (χ3n) is 4.01. The maximum Gasteiger partial charge on any atom is 0.327 e. The number of nitrogens with zero attached hydrogens (tertiary/aromatic N) is 2. The van der Waals surface area contributed by atoms with Crippen molar-refractivity contribution in [3.8, 4) is 0 Å². The van der Waals surface area contributed by atoms with Crippen molar-refractivity contribution in [1.82, 2.24) is 9.80 Å². The van der Waals surface area contributed by atoms with Crippen LogP contribution in [0.2, 0.25) is 0 Å². The van der Waals surface area contributed by atoms with E-state index < -0.39 is 12.0 Å². The van der Waals surface area contributed by atoms with Gasteiger partial charge in [0.2, 0.25) is 0 Å². The topological polar surface area (TPSA) is 60.9 Å². The molecule has 0 aromatic rings. The molecule has 1 atom stereocenters. The van der Waals surface area contributed by atoms with Crippen molar-refractivity contribution in [3.05, 3.63) is 0 Å². The van der Waals surface area contributed by atoms with Crippen LogP contribution in [0.1, 0.15) is 53.4 Å². The first-order valence-corrected chi connectivity index (χ1v) is 7.63. The number of amides is 2. The van der Waals surface area contributed by atoms with Crippen molar-refractivity contribution >= 4 is 12.0 Å². The van der Waals surface area contributed by atoms with E-state index in [2.05, 4.69) is 0 Å². The summed E-state index contributed by atoms with van der Waals surface area (Å²) in [7, 11) is 0. The zero-order valence-corrected chi connectivity index (χ0v) is 13.2. The summed E-state index contributed by atoms with van der Waals surface area (Å²) < 4.78 is 0. The molecule has 1 heterocycles. The molecule has 0 aliphatic carbocycles. The summed E-state index contributed by atoms with van der Waals surface area (Å²) in [5.74, 6) is -0.893. The molecule has 0 bridgehead atoms. The molecule has 1 aliphatic rings. The molecule has 0 aromatic carbocycles. The van der Waals surface area contributed by atoms with E-state index in [0.717, 1.165) is 25.7 Å². The maximum absolute atomic E-state index is 12.7. The van der Waals surface area contributed by atoms with E-state index in [-0.39, 0.29) is 11.4 Å². The first-order valence-electron chi connectivity index (χ1n) is 7.63. The Morgan fingerprint density at radius 3 is 2.25 bits per heavy atom. The first-order chi connectivity index (χ1) is 9.35. The highest BCUT2D eigenvalue weighted by atomic mass is 16.4. The normalized spacial score (nSPS) is 21.6. The Balaban J connectivity index is 2.95. The first kappa shape index (κ1) is 16.8. The summed E-state index contributed by atoms with van der Waals surface area (Å²) in [4.78, 5) is 27.6. The fraction of sp³-hybridized carbons (Fsp3) is 0.867. The molecule has 1 N–H and O–H groups in total. The minimum absolute atomic E-state index is 0.117. The van der Waals surface area contributed by atoms with Gasteiger partial charge in [0.05, 0.1) is 0 Å². The lowest BCUT2D eigenvalue weighted by Crippen LogP contribution is -2.59. The van der Waals surface area contributed by atoms with Crippen molar-refractivity contribution in [2.24, 2.45) is 5.41 Å². The summed E-state index contributed by atoms with van der Waals surface area (Å²) in [5.41, 5.74) is -0.371. The molecular weight excluding hydrogens is 256 g/mol. The summed E-state index contributed by atoms with van der Waals surface area (Å²) in [6.45, 7) is 9.87. The SMILES string of the molecule is CCCN(CCC)C(=O)N1CCCC(C)(C)C1C(=O)O. The van der Waals surface area contributed by atoms with Crippen LogP contribution in [-0.2, 0) is 4.79 Å². The molecule has 1 unspecified atom stereocenters. The van der Waals surface area contributed by atoms with Crippen LogP contribution in [-0.4, -0.2) is 52.6 Å². The highest BCUT2D eigenvalue weighted by molar-refractivity contribution is 5.83. The van der Waals surface area contributed by atoms with Gasteiger partial charge in [0.1, 0.15) is 6.04 Å². The quantitative estimate of drug-likeness (QED) is 0.844. The maximum atomic E-state index is 12.7. The second kappa shape index (κ2) is 6.95. The molecular formula is C15H28N2O3. The number of urea groups is 1. The van der Waals surface area contributed by atoms with E-state index in [4.69, 9.17) is 0 Å². The molecule has 20 heavy (non-hydrogen) atoms. The van der Waals surface area contributed by atoms with Crippen molar-refractivity contribution in [3.63, 3.8) is 0 Å². The number of likely N-dealkylation sites (tertiary alicyclic amines) is 1. The fourth-order valence-electron chi connectivity index (χ4n) is 3.09. The number of rotatable bonds is 5. The predicted molar refractivity (Wildman–Crippen MR) is 78.7 cm³/mol. The Kier molecular flexibility index (Phi) is 5.84. The number of carboxylic acid groups (broad SMARTS) is 1. The van der Waals surface area contributed by atoms with Crippen LogP contribution in [0.15, 0.2) is 0 Å². The third kappa shape index (κ3) is 3.64. The molecule has 1 saturated heterocycles. The second-order valence-electron chi connectivity index (χ2n) is 6.30. The zero-order valence-electron chi connectivity index (χ0n) is 13.2. The lowest BCUT2D eigenvalue weighted by Gasteiger charge is -2.45. The number of piperidine rings is 1. The Hall–Kier alpha value is -1.26. The van der Waals surface area contributed by atoms with Gasteiger partial charge in [-0.3, -0.25) is 0 Å². The average Bonchev–Trinajstić information content (AvgIpc) is 2.35. The monoisotopic (exact) mass is 284 g/mol. The van der Waals surface area contributed by atoms with Gasteiger partial charge in [0, 0.05) is 19.6 Å². The number of hydrogen-bond donors (Lipinski definition) is 1. The lowest BCUT2D eigenvalue weighted by molar-refractivity contribution is -0.148. The van der Waals surface area contributed by atoms with Crippen LogP contribution in [0.3, 0.4) is 0 Å². The van der Waals surface area contributed by atoms with Crippen LogP contribution in [0, 0.1) is 5.41 Å². The molecule has 1 aliphatic heterocycles. The van der Waals surface area contributed by atoms with Crippen molar-refractivity contribution in [1.29, 1.82) is 0 Å². The van der Waals surface area contributed by atoms with Crippen molar-refractivity contribution < 1.29 is 14.7 Å². The molecule has 0 spiro atoms. The fourth-order valence-corrected chi connectivity index (χ4v) is 3.09. The largest absolute Gasteiger partial charge is 0.480 e. The van der Waals surface area contributed by atoms with Gasteiger partial charge in [-0.05, 0) is 31.1 Å². The Bertz CT molecular complexity index is 349. The predicted octanol–water partition coefficient (Wildman–Crippen LogP) is 2.80. The van der Waals surface area contributed by atoms with Gasteiger partial charge >= 0.3 is 12.0 Å². The lowest BCUT2D eigenvalue weighted by atomic mass is 9.76. The molecule has 2 amide bonds. The van der Waals surface area contributed by atoms with Crippen LogP contribution in [0.4, 0.5) is 4.79 Å². The Morgan fingerprint density at radius 2 is 1.80 bits per heavy atom. The standard InChI is InChI=1S/C15H28N2O3/c1-5-9-16(10-6-2)14(20)17-11-7-8-15(3,4)12(17)13(18)19/h12H,5-11H2,1-4H3,(H,18,19). The van der Waals surface area contributed by atoms with Gasteiger partial charge in [-0.2, -0.15) is 0 Å².